The SMILES string of the molecule is Cc1nn(C)c(C)c1NS(=O)(=O)c1ccc(Br)c(Cl)c1. The van der Waals surface area contributed by atoms with Crippen molar-refractivity contribution in [2.45, 2.75) is 18.7 Å². The molecule has 8 heteroatoms. The second kappa shape index (κ2) is 5.38. The predicted octanol–water partition coefficient (Wildman–Crippen LogP) is 3.25. The Bertz CT molecular complexity index is 771. The van der Waals surface area contributed by atoms with E-state index in [1.54, 1.807) is 31.6 Å². The largest absolute Gasteiger partial charge is 0.276 e. The maximum absolute atomic E-state index is 12.4. The standard InChI is InChI=1S/C12H13BrClN3O2S/c1-7-12(8(2)17(3)15-7)16-20(18,19)9-4-5-10(13)11(14)6-9/h4-6,16H,1-3H3. The van der Waals surface area contributed by atoms with Crippen LogP contribution in [0.25, 0.3) is 0 Å². The van der Waals surface area contributed by atoms with Gasteiger partial charge in [-0.15, -0.1) is 0 Å². The second-order valence-corrected chi connectivity index (χ2v) is 7.29. The minimum absolute atomic E-state index is 0.105. The smallest absolute Gasteiger partial charge is 0.262 e. The molecule has 0 radical (unpaired) electrons. The Balaban J connectivity index is 2.43. The third kappa shape index (κ3) is 2.84. The molecule has 0 bridgehead atoms. The number of aromatic nitrogens is 2. The molecule has 108 valence electrons. The zero-order chi connectivity index (χ0) is 15.1. The van der Waals surface area contributed by atoms with Crippen molar-refractivity contribution < 1.29 is 8.42 Å². The van der Waals surface area contributed by atoms with Gasteiger partial charge in [0.15, 0.2) is 0 Å². The summed E-state index contributed by atoms with van der Waals surface area (Å²) in [6.45, 7) is 3.55. The van der Waals surface area contributed by atoms with Crippen LogP contribution < -0.4 is 4.72 Å². The zero-order valence-corrected chi connectivity index (χ0v) is 14.3. The number of halogens is 2. The van der Waals surface area contributed by atoms with E-state index in [4.69, 9.17) is 11.6 Å². The van der Waals surface area contributed by atoms with Gasteiger partial charge in [0.2, 0.25) is 0 Å². The number of hydrogen-bond acceptors (Lipinski definition) is 3. The van der Waals surface area contributed by atoms with E-state index in [1.807, 2.05) is 0 Å². The fourth-order valence-electron chi connectivity index (χ4n) is 1.76. The maximum Gasteiger partial charge on any atom is 0.262 e. The summed E-state index contributed by atoms with van der Waals surface area (Å²) in [5.41, 5.74) is 1.86. The summed E-state index contributed by atoms with van der Waals surface area (Å²) in [7, 11) is -1.93. The molecular weight excluding hydrogens is 366 g/mol. The Labute approximate surface area is 131 Å². The molecule has 0 unspecified atom stereocenters. The van der Waals surface area contributed by atoms with E-state index in [-0.39, 0.29) is 4.90 Å². The molecule has 2 rings (SSSR count). The van der Waals surface area contributed by atoms with E-state index >= 15 is 0 Å². The van der Waals surface area contributed by atoms with E-state index in [0.29, 0.717) is 20.9 Å². The topological polar surface area (TPSA) is 64.0 Å². The van der Waals surface area contributed by atoms with Crippen LogP contribution in [-0.2, 0) is 17.1 Å². The van der Waals surface area contributed by atoms with Crippen LogP contribution in [0.1, 0.15) is 11.4 Å². The first-order chi connectivity index (χ1) is 9.22. The van der Waals surface area contributed by atoms with Crippen molar-refractivity contribution >= 4 is 43.2 Å². The van der Waals surface area contributed by atoms with Crippen molar-refractivity contribution in [2.75, 3.05) is 4.72 Å². The number of benzene rings is 1. The van der Waals surface area contributed by atoms with Crippen LogP contribution in [0.3, 0.4) is 0 Å². The molecule has 0 saturated carbocycles. The molecule has 0 amide bonds. The summed E-state index contributed by atoms with van der Waals surface area (Å²) in [6.07, 6.45) is 0. The van der Waals surface area contributed by atoms with Gasteiger partial charge in [0, 0.05) is 11.5 Å². The van der Waals surface area contributed by atoms with Crippen molar-refractivity contribution in [3.05, 3.63) is 39.1 Å². The summed E-state index contributed by atoms with van der Waals surface area (Å²) in [6, 6.07) is 4.48. The van der Waals surface area contributed by atoms with Crippen LogP contribution in [0.5, 0.6) is 0 Å². The number of nitrogens with one attached hydrogen (secondary N) is 1. The third-order valence-corrected chi connectivity index (χ3v) is 5.53. The van der Waals surface area contributed by atoms with Crippen LogP contribution in [0, 0.1) is 13.8 Å². The van der Waals surface area contributed by atoms with Gasteiger partial charge in [0.25, 0.3) is 10.0 Å². The molecule has 0 aliphatic rings. The third-order valence-electron chi connectivity index (χ3n) is 2.95. The zero-order valence-electron chi connectivity index (χ0n) is 11.1. The molecule has 1 aromatic carbocycles. The average molecular weight is 379 g/mol. The van der Waals surface area contributed by atoms with E-state index in [9.17, 15) is 8.42 Å². The fraction of sp³-hybridized carbons (Fsp3) is 0.250. The Hall–Kier alpha value is -1.05. The summed E-state index contributed by atoms with van der Waals surface area (Å²) in [5.74, 6) is 0. The minimum atomic E-state index is -3.69. The van der Waals surface area contributed by atoms with Crippen molar-refractivity contribution in [1.82, 2.24) is 9.78 Å². The van der Waals surface area contributed by atoms with Gasteiger partial charge in [0.05, 0.1) is 27.0 Å². The number of sulfonamides is 1. The molecule has 0 aliphatic heterocycles. The molecular formula is C12H13BrClN3O2S. The van der Waals surface area contributed by atoms with Gasteiger partial charge < -0.3 is 0 Å². The fourth-order valence-corrected chi connectivity index (χ4v) is 3.45. The van der Waals surface area contributed by atoms with E-state index in [0.717, 1.165) is 5.69 Å². The van der Waals surface area contributed by atoms with Crippen molar-refractivity contribution in [3.8, 4) is 0 Å². The van der Waals surface area contributed by atoms with E-state index in [2.05, 4.69) is 25.8 Å². The number of aryl methyl sites for hydroxylation is 2. The molecule has 2 aromatic rings. The van der Waals surface area contributed by atoms with E-state index < -0.39 is 10.0 Å². The first kappa shape index (κ1) is 15.3. The van der Waals surface area contributed by atoms with Crippen LogP contribution >= 0.6 is 27.5 Å². The molecule has 0 fully saturated rings. The molecule has 5 nitrogen and oxygen atoms in total. The van der Waals surface area contributed by atoms with Gasteiger partial charge in [-0.05, 0) is 48.0 Å². The molecule has 1 N–H and O–H groups in total. The lowest BCUT2D eigenvalue weighted by Crippen LogP contribution is -2.14. The van der Waals surface area contributed by atoms with E-state index in [1.165, 1.54) is 12.1 Å². The lowest BCUT2D eigenvalue weighted by atomic mass is 10.3. The number of nitrogens with zero attached hydrogens (tertiary/aromatic N) is 2. The Morgan fingerprint density at radius 3 is 2.50 bits per heavy atom. The lowest BCUT2D eigenvalue weighted by molar-refractivity contribution is 0.601. The number of anilines is 1. The molecule has 0 saturated heterocycles. The highest BCUT2D eigenvalue weighted by Crippen LogP contribution is 2.27. The molecule has 0 aliphatic carbocycles. The Kier molecular flexibility index (Phi) is 4.13. The van der Waals surface area contributed by atoms with Gasteiger partial charge in [-0.25, -0.2) is 8.42 Å². The highest BCUT2D eigenvalue weighted by molar-refractivity contribution is 9.10. The van der Waals surface area contributed by atoms with Gasteiger partial charge in [-0.1, -0.05) is 11.6 Å². The van der Waals surface area contributed by atoms with Gasteiger partial charge in [0.1, 0.15) is 0 Å². The Morgan fingerprint density at radius 2 is 2.00 bits per heavy atom. The first-order valence-corrected chi connectivity index (χ1v) is 8.36. The summed E-state index contributed by atoms with van der Waals surface area (Å²) in [5, 5.41) is 4.52. The monoisotopic (exact) mass is 377 g/mol. The van der Waals surface area contributed by atoms with Crippen LogP contribution in [-0.4, -0.2) is 18.2 Å². The Morgan fingerprint density at radius 1 is 1.35 bits per heavy atom. The van der Waals surface area contributed by atoms with Crippen molar-refractivity contribution in [2.24, 2.45) is 7.05 Å². The summed E-state index contributed by atoms with van der Waals surface area (Å²) in [4.78, 5) is 0.105. The van der Waals surface area contributed by atoms with Crippen molar-refractivity contribution in [3.63, 3.8) is 0 Å². The summed E-state index contributed by atoms with van der Waals surface area (Å²) < 4.78 is 29.5. The predicted molar refractivity (Wildman–Crippen MR) is 82.6 cm³/mol. The van der Waals surface area contributed by atoms with Gasteiger partial charge in [-0.2, -0.15) is 5.10 Å². The quantitative estimate of drug-likeness (QED) is 0.891. The highest BCUT2D eigenvalue weighted by atomic mass is 79.9. The number of hydrogen-bond donors (Lipinski definition) is 1. The lowest BCUT2D eigenvalue weighted by Gasteiger charge is -2.09. The molecule has 0 spiro atoms. The van der Waals surface area contributed by atoms with Crippen molar-refractivity contribution in [1.29, 1.82) is 0 Å². The molecule has 0 atom stereocenters. The number of rotatable bonds is 3. The molecule has 20 heavy (non-hydrogen) atoms. The highest BCUT2D eigenvalue weighted by Gasteiger charge is 2.19. The van der Waals surface area contributed by atoms with Crippen LogP contribution in [0.15, 0.2) is 27.6 Å². The minimum Gasteiger partial charge on any atom is -0.276 e. The van der Waals surface area contributed by atoms with Crippen LogP contribution in [0.4, 0.5) is 5.69 Å². The maximum atomic E-state index is 12.4. The molecule has 1 heterocycles. The van der Waals surface area contributed by atoms with Crippen LogP contribution in [0.2, 0.25) is 5.02 Å². The average Bonchev–Trinajstić information content (AvgIpc) is 2.59. The molecule has 1 aromatic heterocycles. The van der Waals surface area contributed by atoms with Gasteiger partial charge >= 0.3 is 0 Å². The summed E-state index contributed by atoms with van der Waals surface area (Å²) >= 11 is 9.16. The second-order valence-electron chi connectivity index (χ2n) is 4.35. The first-order valence-electron chi connectivity index (χ1n) is 5.70. The van der Waals surface area contributed by atoms with Gasteiger partial charge in [-0.3, -0.25) is 9.40 Å². The normalized spacial score (nSPS) is 11.7.